The van der Waals surface area contributed by atoms with Gasteiger partial charge in [0, 0.05) is 17.1 Å². The topological polar surface area (TPSA) is 83.8 Å². The highest BCUT2D eigenvalue weighted by atomic mass is 32.1. The number of para-hydroxylation sites is 1. The van der Waals surface area contributed by atoms with E-state index in [-0.39, 0.29) is 11.9 Å². The number of nitrogens with one attached hydrogen (secondary N) is 2. The standard InChI is InChI=1S/C15H10N4O2S/c20-13(10-8-16-11-5-2-1-4-9(10)11)17-15-19-18-14(21-15)12-6-3-7-22-12/h1-8,16H,(H,17,19,20). The van der Waals surface area contributed by atoms with Gasteiger partial charge in [0.1, 0.15) is 0 Å². The molecule has 3 aromatic heterocycles. The molecule has 0 saturated heterocycles. The van der Waals surface area contributed by atoms with Crippen LogP contribution in [0.15, 0.2) is 52.4 Å². The van der Waals surface area contributed by atoms with Gasteiger partial charge in [-0.2, -0.15) is 0 Å². The van der Waals surface area contributed by atoms with E-state index in [1.54, 1.807) is 6.20 Å². The number of rotatable bonds is 3. The number of aromatic amines is 1. The minimum Gasteiger partial charge on any atom is -0.402 e. The van der Waals surface area contributed by atoms with E-state index in [1.165, 1.54) is 11.3 Å². The molecule has 0 spiro atoms. The van der Waals surface area contributed by atoms with Crippen LogP contribution in [0, 0.1) is 0 Å². The second kappa shape index (κ2) is 5.12. The van der Waals surface area contributed by atoms with Crippen molar-refractivity contribution in [3.05, 3.63) is 53.5 Å². The van der Waals surface area contributed by atoms with Crippen molar-refractivity contribution >= 4 is 34.2 Å². The Morgan fingerprint density at radius 2 is 2.09 bits per heavy atom. The zero-order valence-electron chi connectivity index (χ0n) is 11.2. The van der Waals surface area contributed by atoms with E-state index in [0.29, 0.717) is 11.5 Å². The highest BCUT2D eigenvalue weighted by molar-refractivity contribution is 7.13. The number of carbonyl (C=O) groups is 1. The molecule has 0 radical (unpaired) electrons. The van der Waals surface area contributed by atoms with E-state index in [4.69, 9.17) is 4.42 Å². The summed E-state index contributed by atoms with van der Waals surface area (Å²) < 4.78 is 5.45. The molecule has 7 heteroatoms. The summed E-state index contributed by atoms with van der Waals surface area (Å²) in [5.41, 5.74) is 1.43. The summed E-state index contributed by atoms with van der Waals surface area (Å²) in [6.07, 6.45) is 1.66. The maximum Gasteiger partial charge on any atom is 0.322 e. The van der Waals surface area contributed by atoms with Crippen molar-refractivity contribution in [1.82, 2.24) is 15.2 Å². The SMILES string of the molecule is O=C(Nc1nnc(-c2cccs2)o1)c1c[nH]c2ccccc12. The van der Waals surface area contributed by atoms with Gasteiger partial charge >= 0.3 is 6.01 Å². The van der Waals surface area contributed by atoms with E-state index in [1.807, 2.05) is 41.8 Å². The number of hydrogen-bond donors (Lipinski definition) is 2. The summed E-state index contributed by atoms with van der Waals surface area (Å²) in [5, 5.41) is 13.2. The fourth-order valence-corrected chi connectivity index (χ4v) is 2.84. The van der Waals surface area contributed by atoms with Gasteiger partial charge in [-0.05, 0) is 17.5 Å². The molecule has 0 aliphatic carbocycles. The molecule has 0 saturated carbocycles. The lowest BCUT2D eigenvalue weighted by Crippen LogP contribution is -2.11. The van der Waals surface area contributed by atoms with Gasteiger partial charge in [-0.15, -0.1) is 16.4 Å². The number of thiophene rings is 1. The second-order valence-electron chi connectivity index (χ2n) is 4.59. The van der Waals surface area contributed by atoms with Crippen LogP contribution >= 0.6 is 11.3 Å². The third-order valence-corrected chi connectivity index (χ3v) is 4.07. The Hall–Kier alpha value is -2.93. The molecular formula is C15H10N4O2S. The molecule has 0 bridgehead atoms. The van der Waals surface area contributed by atoms with Crippen molar-refractivity contribution in [3.63, 3.8) is 0 Å². The lowest BCUT2D eigenvalue weighted by Gasteiger charge is -1.98. The average molecular weight is 310 g/mol. The monoisotopic (exact) mass is 310 g/mol. The summed E-state index contributed by atoms with van der Waals surface area (Å²) in [6.45, 7) is 0. The largest absolute Gasteiger partial charge is 0.402 e. The summed E-state index contributed by atoms with van der Waals surface area (Å²) >= 11 is 1.49. The van der Waals surface area contributed by atoms with Crippen LogP contribution in [0.4, 0.5) is 6.01 Å². The highest BCUT2D eigenvalue weighted by Gasteiger charge is 2.16. The van der Waals surface area contributed by atoms with Gasteiger partial charge in [-0.3, -0.25) is 10.1 Å². The minimum absolute atomic E-state index is 0.0821. The molecule has 1 aromatic carbocycles. The van der Waals surface area contributed by atoms with Crippen molar-refractivity contribution < 1.29 is 9.21 Å². The Bertz CT molecular complexity index is 939. The molecule has 1 amide bonds. The third kappa shape index (κ3) is 2.17. The maximum atomic E-state index is 12.3. The zero-order chi connectivity index (χ0) is 14.9. The Balaban J connectivity index is 1.60. The molecule has 4 rings (SSSR count). The van der Waals surface area contributed by atoms with E-state index < -0.39 is 0 Å². The van der Waals surface area contributed by atoms with Crippen LogP contribution in [0.1, 0.15) is 10.4 Å². The Morgan fingerprint density at radius 1 is 1.18 bits per heavy atom. The maximum absolute atomic E-state index is 12.3. The van der Waals surface area contributed by atoms with E-state index >= 15 is 0 Å². The molecule has 108 valence electrons. The first-order valence-electron chi connectivity index (χ1n) is 6.56. The van der Waals surface area contributed by atoms with Crippen LogP contribution in [-0.4, -0.2) is 21.1 Å². The first-order valence-corrected chi connectivity index (χ1v) is 7.44. The number of fused-ring (bicyclic) bond motifs is 1. The molecule has 4 aromatic rings. The number of amides is 1. The molecule has 0 aliphatic rings. The number of H-pyrrole nitrogens is 1. The number of carbonyl (C=O) groups excluding carboxylic acids is 1. The second-order valence-corrected chi connectivity index (χ2v) is 5.54. The van der Waals surface area contributed by atoms with Crippen LogP contribution in [0.2, 0.25) is 0 Å². The lowest BCUT2D eigenvalue weighted by molar-refractivity contribution is 0.102. The van der Waals surface area contributed by atoms with E-state index in [0.717, 1.165) is 15.8 Å². The van der Waals surface area contributed by atoms with Crippen molar-refractivity contribution in [2.45, 2.75) is 0 Å². The number of benzene rings is 1. The van der Waals surface area contributed by atoms with Crippen LogP contribution in [-0.2, 0) is 0 Å². The number of anilines is 1. The van der Waals surface area contributed by atoms with Gasteiger partial charge < -0.3 is 9.40 Å². The predicted octanol–water partition coefficient (Wildman–Crippen LogP) is 3.53. The smallest absolute Gasteiger partial charge is 0.322 e. The van der Waals surface area contributed by atoms with E-state index in [9.17, 15) is 4.79 Å². The third-order valence-electron chi connectivity index (χ3n) is 3.21. The molecule has 0 aliphatic heterocycles. The van der Waals surface area contributed by atoms with Crippen LogP contribution in [0.3, 0.4) is 0 Å². The predicted molar refractivity (Wildman–Crippen MR) is 83.9 cm³/mol. The van der Waals surface area contributed by atoms with Crippen molar-refractivity contribution in [2.24, 2.45) is 0 Å². The van der Waals surface area contributed by atoms with Crippen molar-refractivity contribution in [3.8, 4) is 10.8 Å². The average Bonchev–Trinajstić information content (AvgIpc) is 3.27. The zero-order valence-corrected chi connectivity index (χ0v) is 12.1. The molecular weight excluding hydrogens is 300 g/mol. The van der Waals surface area contributed by atoms with Gasteiger partial charge in [0.25, 0.3) is 11.8 Å². The summed E-state index contributed by atoms with van der Waals surface area (Å²) in [7, 11) is 0. The normalized spacial score (nSPS) is 10.9. The molecule has 22 heavy (non-hydrogen) atoms. The first-order chi connectivity index (χ1) is 10.8. The summed E-state index contributed by atoms with van der Waals surface area (Å²) in [5.74, 6) is 0.100. The fraction of sp³-hybridized carbons (Fsp3) is 0. The van der Waals surface area contributed by atoms with Crippen molar-refractivity contribution in [1.29, 1.82) is 0 Å². The first kappa shape index (κ1) is 12.8. The van der Waals surface area contributed by atoms with Gasteiger partial charge in [-0.25, -0.2) is 0 Å². The number of aromatic nitrogens is 3. The Morgan fingerprint density at radius 3 is 2.95 bits per heavy atom. The molecule has 6 nitrogen and oxygen atoms in total. The van der Waals surface area contributed by atoms with Gasteiger partial charge in [0.15, 0.2) is 0 Å². The van der Waals surface area contributed by atoms with Crippen molar-refractivity contribution in [2.75, 3.05) is 5.32 Å². The number of nitrogens with zero attached hydrogens (tertiary/aromatic N) is 2. The number of hydrogen-bond acceptors (Lipinski definition) is 5. The van der Waals surface area contributed by atoms with Gasteiger partial charge in [0.05, 0.1) is 10.4 Å². The van der Waals surface area contributed by atoms with Crippen LogP contribution in [0.5, 0.6) is 0 Å². The quantitative estimate of drug-likeness (QED) is 0.606. The van der Waals surface area contributed by atoms with Crippen LogP contribution < -0.4 is 5.32 Å². The van der Waals surface area contributed by atoms with Gasteiger partial charge in [0.2, 0.25) is 0 Å². The Kier molecular flexibility index (Phi) is 2.97. The summed E-state index contributed by atoms with van der Waals surface area (Å²) in [6, 6.07) is 11.4. The molecule has 2 N–H and O–H groups in total. The fourth-order valence-electron chi connectivity index (χ4n) is 2.20. The van der Waals surface area contributed by atoms with Gasteiger partial charge in [-0.1, -0.05) is 29.4 Å². The highest BCUT2D eigenvalue weighted by Crippen LogP contribution is 2.25. The van der Waals surface area contributed by atoms with Crippen LogP contribution in [0.25, 0.3) is 21.7 Å². The molecule has 0 unspecified atom stereocenters. The lowest BCUT2D eigenvalue weighted by atomic mass is 10.2. The summed E-state index contributed by atoms with van der Waals surface area (Å²) in [4.78, 5) is 16.2. The molecule has 3 heterocycles. The Labute approximate surface area is 128 Å². The minimum atomic E-state index is -0.293. The molecule has 0 fully saturated rings. The molecule has 0 atom stereocenters. The van der Waals surface area contributed by atoms with E-state index in [2.05, 4.69) is 20.5 Å².